The van der Waals surface area contributed by atoms with Crippen LogP contribution in [0.5, 0.6) is 0 Å². The van der Waals surface area contributed by atoms with E-state index in [0.717, 1.165) is 11.3 Å². The Morgan fingerprint density at radius 1 is 1.50 bits per heavy atom. The number of carbonyl (C=O) groups excluding carboxylic acids is 1. The van der Waals surface area contributed by atoms with Gasteiger partial charge in [-0.15, -0.1) is 11.3 Å². The molecule has 134 valence electrons. The fourth-order valence-corrected chi connectivity index (χ4v) is 3.63. The summed E-state index contributed by atoms with van der Waals surface area (Å²) in [4.78, 5) is 16.8. The van der Waals surface area contributed by atoms with E-state index < -0.39 is 5.91 Å². The van der Waals surface area contributed by atoms with Crippen molar-refractivity contribution in [3.05, 3.63) is 28.3 Å². The molecule has 0 aliphatic heterocycles. The van der Waals surface area contributed by atoms with E-state index in [9.17, 15) is 10.1 Å². The van der Waals surface area contributed by atoms with Crippen LogP contribution in [0.3, 0.4) is 0 Å². The predicted octanol–water partition coefficient (Wildman–Crippen LogP) is 2.21. The van der Waals surface area contributed by atoms with Crippen LogP contribution in [0.1, 0.15) is 27.4 Å². The van der Waals surface area contributed by atoms with Crippen LogP contribution in [0.2, 0.25) is 0 Å². The monoisotopic (exact) mass is 371 g/mol. The van der Waals surface area contributed by atoms with Crippen molar-refractivity contribution in [1.29, 1.82) is 5.26 Å². The smallest absolute Gasteiger partial charge is 0.260 e. The Morgan fingerprint density at radius 2 is 2.27 bits per heavy atom. The molecule has 0 spiro atoms. The first-order chi connectivity index (χ1) is 12.5. The molecule has 3 heterocycles. The van der Waals surface area contributed by atoms with E-state index in [2.05, 4.69) is 16.4 Å². The normalized spacial score (nSPS) is 10.8. The van der Waals surface area contributed by atoms with Crippen LogP contribution in [-0.4, -0.2) is 29.1 Å². The lowest BCUT2D eigenvalue weighted by atomic mass is 10.0. The largest absolute Gasteiger partial charge is 0.461 e. The van der Waals surface area contributed by atoms with Crippen molar-refractivity contribution < 1.29 is 14.3 Å². The molecule has 0 bridgehead atoms. The number of nitrogens with two attached hydrogens (primary N) is 2. The average molecular weight is 371 g/mol. The highest BCUT2D eigenvalue weighted by Crippen LogP contribution is 2.43. The van der Waals surface area contributed by atoms with Gasteiger partial charge in [0, 0.05) is 18.5 Å². The number of thiophene rings is 1. The van der Waals surface area contributed by atoms with Crippen molar-refractivity contribution in [2.45, 2.75) is 13.3 Å². The van der Waals surface area contributed by atoms with Gasteiger partial charge in [-0.3, -0.25) is 4.79 Å². The topological polar surface area (TPSA) is 151 Å². The number of aromatic nitrogens is 1. The number of nitrogen functional groups attached to an aromatic ring is 1. The Balaban J connectivity index is 2.34. The summed E-state index contributed by atoms with van der Waals surface area (Å²) in [5.74, 6) is 0.819. The van der Waals surface area contributed by atoms with Crippen LogP contribution in [0.25, 0.3) is 21.5 Å². The van der Waals surface area contributed by atoms with E-state index in [1.54, 1.807) is 19.1 Å². The lowest BCUT2D eigenvalue weighted by molar-refractivity contribution is 0.100. The number of rotatable bonds is 6. The molecule has 3 aromatic rings. The second-order valence-corrected chi connectivity index (χ2v) is 6.62. The number of fused-ring (bicyclic) bond motifs is 1. The van der Waals surface area contributed by atoms with Crippen molar-refractivity contribution in [3.8, 4) is 17.4 Å². The van der Waals surface area contributed by atoms with Gasteiger partial charge in [0.05, 0.1) is 11.3 Å². The maximum absolute atomic E-state index is 11.7. The number of aliphatic hydroxyl groups is 1. The molecular weight excluding hydrogens is 354 g/mol. The summed E-state index contributed by atoms with van der Waals surface area (Å²) in [6.45, 7) is 2.24. The Kier molecular flexibility index (Phi) is 4.79. The molecular formula is C17H17N5O3S. The highest BCUT2D eigenvalue weighted by Gasteiger charge is 2.25. The van der Waals surface area contributed by atoms with Gasteiger partial charge in [-0.05, 0) is 25.5 Å². The second kappa shape index (κ2) is 7.03. The van der Waals surface area contributed by atoms with E-state index in [1.165, 1.54) is 0 Å². The van der Waals surface area contributed by atoms with Crippen molar-refractivity contribution in [2.75, 3.05) is 24.2 Å². The average Bonchev–Trinajstić information content (AvgIpc) is 3.17. The molecule has 0 aliphatic carbocycles. The number of amides is 1. The van der Waals surface area contributed by atoms with Crippen molar-refractivity contribution in [3.63, 3.8) is 0 Å². The summed E-state index contributed by atoms with van der Waals surface area (Å²) in [7, 11) is 0. The number of nitrogens with zero attached hydrogens (tertiary/aromatic N) is 2. The fourth-order valence-electron chi connectivity index (χ4n) is 2.67. The van der Waals surface area contributed by atoms with E-state index in [1.807, 2.05) is 0 Å². The van der Waals surface area contributed by atoms with Crippen LogP contribution < -0.4 is 16.8 Å². The third kappa shape index (κ3) is 2.96. The van der Waals surface area contributed by atoms with Gasteiger partial charge in [0.15, 0.2) is 0 Å². The molecule has 0 radical (unpaired) electrons. The summed E-state index contributed by atoms with van der Waals surface area (Å²) >= 11 is 1.07. The molecule has 0 saturated heterocycles. The molecule has 26 heavy (non-hydrogen) atoms. The molecule has 0 aliphatic rings. The Morgan fingerprint density at radius 3 is 2.85 bits per heavy atom. The highest BCUT2D eigenvalue weighted by molar-refractivity contribution is 7.21. The molecule has 8 nitrogen and oxygen atoms in total. The zero-order chi connectivity index (χ0) is 18.8. The number of hydrogen-bond acceptors (Lipinski definition) is 8. The molecule has 9 heteroatoms. The lowest BCUT2D eigenvalue weighted by Gasteiger charge is -2.11. The maximum atomic E-state index is 11.7. The standard InChI is InChI=1S/C17H17N5O3S/c1-8-3-4-10(25-8)11-9(7-18)16(21-5-2-6-23)22-17-12(11)13(19)14(26-17)15(20)24/h3-4,23H,2,5-6,19H2,1H3,(H2,20,24)(H,21,22). The number of nitrogens with one attached hydrogen (secondary N) is 1. The maximum Gasteiger partial charge on any atom is 0.260 e. The van der Waals surface area contributed by atoms with Crippen LogP contribution >= 0.6 is 11.3 Å². The van der Waals surface area contributed by atoms with Gasteiger partial charge in [0.1, 0.15) is 38.7 Å². The molecule has 3 rings (SSSR count). The van der Waals surface area contributed by atoms with Gasteiger partial charge in [-0.2, -0.15) is 5.26 Å². The van der Waals surface area contributed by atoms with E-state index in [4.69, 9.17) is 21.0 Å². The quantitative estimate of drug-likeness (QED) is 0.485. The van der Waals surface area contributed by atoms with Gasteiger partial charge in [0.2, 0.25) is 0 Å². The van der Waals surface area contributed by atoms with Crippen molar-refractivity contribution >= 4 is 39.0 Å². The minimum absolute atomic E-state index is 0.0130. The summed E-state index contributed by atoms with van der Waals surface area (Å²) in [5, 5.41) is 22.2. The molecule has 0 saturated carbocycles. The first-order valence-electron chi connectivity index (χ1n) is 7.85. The number of primary amides is 1. The van der Waals surface area contributed by atoms with Crippen molar-refractivity contribution in [1.82, 2.24) is 4.98 Å². The second-order valence-electron chi connectivity index (χ2n) is 5.63. The first-order valence-corrected chi connectivity index (χ1v) is 8.67. The zero-order valence-electron chi connectivity index (χ0n) is 14.0. The van der Waals surface area contributed by atoms with Gasteiger partial charge < -0.3 is 26.3 Å². The molecule has 0 atom stereocenters. The van der Waals surface area contributed by atoms with Gasteiger partial charge in [-0.25, -0.2) is 4.98 Å². The molecule has 0 aromatic carbocycles. The minimum atomic E-state index is -0.652. The highest BCUT2D eigenvalue weighted by atomic mass is 32.1. The minimum Gasteiger partial charge on any atom is -0.461 e. The number of anilines is 2. The predicted molar refractivity (Wildman–Crippen MR) is 99.9 cm³/mol. The lowest BCUT2D eigenvalue weighted by Crippen LogP contribution is -2.10. The molecule has 6 N–H and O–H groups in total. The fraction of sp³-hybridized carbons (Fsp3) is 0.235. The third-order valence-corrected chi connectivity index (χ3v) is 4.94. The number of aryl methyl sites for hydroxylation is 1. The molecule has 1 amide bonds. The van der Waals surface area contributed by atoms with E-state index in [0.29, 0.717) is 46.1 Å². The van der Waals surface area contributed by atoms with Crippen LogP contribution in [-0.2, 0) is 0 Å². The number of aliphatic hydroxyl groups excluding tert-OH is 1. The zero-order valence-corrected chi connectivity index (χ0v) is 14.8. The summed E-state index contributed by atoms with van der Waals surface area (Å²) < 4.78 is 5.71. The number of nitriles is 1. The van der Waals surface area contributed by atoms with Crippen molar-refractivity contribution in [2.24, 2.45) is 5.73 Å². The Bertz CT molecular complexity index is 1030. The van der Waals surface area contributed by atoms with Crippen LogP contribution in [0, 0.1) is 18.3 Å². The first kappa shape index (κ1) is 17.7. The number of hydrogen-bond donors (Lipinski definition) is 4. The van der Waals surface area contributed by atoms with Gasteiger partial charge in [0.25, 0.3) is 5.91 Å². The summed E-state index contributed by atoms with van der Waals surface area (Å²) in [6.07, 6.45) is 0.499. The molecule has 0 fully saturated rings. The molecule has 3 aromatic heterocycles. The Labute approximate surface area is 153 Å². The summed E-state index contributed by atoms with van der Waals surface area (Å²) in [6, 6.07) is 5.66. The number of furan rings is 1. The summed E-state index contributed by atoms with van der Waals surface area (Å²) in [5.41, 5.74) is 12.5. The van der Waals surface area contributed by atoms with E-state index in [-0.39, 0.29) is 22.7 Å². The Hall–Kier alpha value is -3.09. The van der Waals surface area contributed by atoms with Crippen LogP contribution in [0.4, 0.5) is 11.5 Å². The number of pyridine rings is 1. The van der Waals surface area contributed by atoms with Crippen LogP contribution in [0.15, 0.2) is 16.5 Å². The van der Waals surface area contributed by atoms with Gasteiger partial charge in [-0.1, -0.05) is 0 Å². The SMILES string of the molecule is Cc1ccc(-c2c(C#N)c(NCCCO)nc3sc(C(N)=O)c(N)c23)o1. The number of carbonyl (C=O) groups is 1. The van der Waals surface area contributed by atoms with E-state index >= 15 is 0 Å². The van der Waals surface area contributed by atoms with Gasteiger partial charge >= 0.3 is 0 Å². The third-order valence-electron chi connectivity index (χ3n) is 3.83. The molecule has 0 unspecified atom stereocenters.